The quantitative estimate of drug-likeness (QED) is 0.566. The smallest absolute Gasteiger partial charge is 0.306 e. The van der Waals surface area contributed by atoms with E-state index in [1.807, 2.05) is 0 Å². The zero-order valence-corrected chi connectivity index (χ0v) is 9.08. The van der Waals surface area contributed by atoms with Gasteiger partial charge in [0.2, 0.25) is 0 Å². The van der Waals surface area contributed by atoms with Gasteiger partial charge in [0.25, 0.3) is 0 Å². The molecular formula is C9H10O5S. The molecule has 0 saturated carbocycles. The predicted molar refractivity (Wildman–Crippen MR) is 53.9 cm³/mol. The first-order chi connectivity index (χ1) is 6.98. The zero-order chi connectivity index (χ0) is 11.5. The molecule has 0 N–H and O–H groups in total. The van der Waals surface area contributed by atoms with Gasteiger partial charge in [0.05, 0.1) is 13.4 Å². The van der Waals surface area contributed by atoms with Crippen LogP contribution in [0, 0.1) is 0 Å². The van der Waals surface area contributed by atoms with Crippen molar-refractivity contribution in [3.63, 3.8) is 0 Å². The summed E-state index contributed by atoms with van der Waals surface area (Å²) >= 11 is 0. The Morgan fingerprint density at radius 1 is 1.27 bits per heavy atom. The molecule has 1 rings (SSSR count). The van der Waals surface area contributed by atoms with Crippen molar-refractivity contribution in [2.75, 3.05) is 13.4 Å². The highest BCUT2D eigenvalue weighted by Gasteiger charge is 2.13. The van der Waals surface area contributed by atoms with Crippen molar-refractivity contribution in [1.82, 2.24) is 0 Å². The Morgan fingerprint density at radius 3 is 2.33 bits per heavy atom. The minimum atomic E-state index is -3.65. The van der Waals surface area contributed by atoms with Crippen molar-refractivity contribution < 1.29 is 22.1 Å². The molecule has 0 unspecified atom stereocenters. The molecule has 1 aromatic rings. The fraction of sp³-hybridized carbons (Fsp3) is 0.222. The molecule has 82 valence electrons. The minimum Gasteiger partial charge on any atom is -0.496 e. The van der Waals surface area contributed by atoms with Crippen molar-refractivity contribution in [3.8, 4) is 11.5 Å². The summed E-state index contributed by atoms with van der Waals surface area (Å²) in [4.78, 5) is 10.7. The van der Waals surface area contributed by atoms with Crippen LogP contribution in [0.25, 0.3) is 0 Å². The van der Waals surface area contributed by atoms with E-state index in [9.17, 15) is 13.2 Å². The highest BCUT2D eigenvalue weighted by Crippen LogP contribution is 2.27. The van der Waals surface area contributed by atoms with Gasteiger partial charge < -0.3 is 8.92 Å². The Labute approximate surface area is 87.7 Å². The van der Waals surface area contributed by atoms with Gasteiger partial charge in [-0.05, 0) is 12.1 Å². The van der Waals surface area contributed by atoms with Gasteiger partial charge in [-0.1, -0.05) is 6.07 Å². The van der Waals surface area contributed by atoms with Crippen LogP contribution in [0.1, 0.15) is 10.4 Å². The number of carbonyl (C=O) groups excluding carboxylic acids is 1. The molecule has 0 fully saturated rings. The lowest BCUT2D eigenvalue weighted by atomic mass is 10.2. The Kier molecular flexibility index (Phi) is 3.31. The van der Waals surface area contributed by atoms with Gasteiger partial charge >= 0.3 is 10.1 Å². The molecule has 15 heavy (non-hydrogen) atoms. The Morgan fingerprint density at radius 2 is 1.87 bits per heavy atom. The first-order valence-corrected chi connectivity index (χ1v) is 5.81. The molecule has 6 heteroatoms. The van der Waals surface area contributed by atoms with E-state index in [0.29, 0.717) is 6.29 Å². The normalized spacial score (nSPS) is 10.8. The lowest BCUT2D eigenvalue weighted by Gasteiger charge is -2.08. The summed E-state index contributed by atoms with van der Waals surface area (Å²) in [6.45, 7) is 0. The zero-order valence-electron chi connectivity index (χ0n) is 8.26. The van der Waals surface area contributed by atoms with E-state index in [0.717, 1.165) is 6.26 Å². The maximum atomic E-state index is 10.9. The number of hydrogen-bond donors (Lipinski definition) is 0. The topological polar surface area (TPSA) is 69.7 Å². The second kappa shape index (κ2) is 4.31. The first kappa shape index (κ1) is 11.5. The highest BCUT2D eigenvalue weighted by atomic mass is 32.2. The number of benzene rings is 1. The SMILES string of the molecule is COc1cccc(OS(C)(=O)=O)c1C=O. The number of ether oxygens (including phenoxy) is 1. The molecule has 0 aromatic heterocycles. The lowest BCUT2D eigenvalue weighted by Crippen LogP contribution is -2.08. The van der Waals surface area contributed by atoms with Crippen LogP contribution in [-0.4, -0.2) is 28.1 Å². The van der Waals surface area contributed by atoms with Crippen molar-refractivity contribution in [2.45, 2.75) is 0 Å². The second-order valence-electron chi connectivity index (χ2n) is 2.78. The van der Waals surface area contributed by atoms with Gasteiger partial charge in [0.1, 0.15) is 11.3 Å². The Bertz CT molecular complexity index is 463. The number of methoxy groups -OCH3 is 1. The van der Waals surface area contributed by atoms with Crippen LogP contribution in [0.3, 0.4) is 0 Å². The van der Waals surface area contributed by atoms with E-state index in [2.05, 4.69) is 4.18 Å². The molecule has 0 atom stereocenters. The van der Waals surface area contributed by atoms with Crippen LogP contribution in [0.15, 0.2) is 18.2 Å². The molecule has 0 spiro atoms. The van der Waals surface area contributed by atoms with Gasteiger partial charge in [0, 0.05) is 0 Å². The van der Waals surface area contributed by atoms with Crippen LogP contribution in [0.2, 0.25) is 0 Å². The van der Waals surface area contributed by atoms with E-state index in [4.69, 9.17) is 4.74 Å². The van der Waals surface area contributed by atoms with Gasteiger partial charge in [-0.2, -0.15) is 8.42 Å². The van der Waals surface area contributed by atoms with E-state index in [1.54, 1.807) is 6.07 Å². The fourth-order valence-electron chi connectivity index (χ4n) is 1.05. The monoisotopic (exact) mass is 230 g/mol. The minimum absolute atomic E-state index is 0.0353. The molecule has 1 aromatic carbocycles. The number of carbonyl (C=O) groups is 1. The van der Waals surface area contributed by atoms with E-state index in [-0.39, 0.29) is 17.1 Å². The van der Waals surface area contributed by atoms with E-state index >= 15 is 0 Å². The Balaban J connectivity index is 3.23. The van der Waals surface area contributed by atoms with Crippen LogP contribution in [0.5, 0.6) is 11.5 Å². The third-order valence-corrected chi connectivity index (χ3v) is 2.09. The van der Waals surface area contributed by atoms with Gasteiger partial charge in [-0.25, -0.2) is 0 Å². The predicted octanol–water partition coefficient (Wildman–Crippen LogP) is 0.846. The molecule has 0 aliphatic heterocycles. The van der Waals surface area contributed by atoms with Crippen LogP contribution >= 0.6 is 0 Å². The van der Waals surface area contributed by atoms with Crippen LogP contribution in [0.4, 0.5) is 0 Å². The third-order valence-electron chi connectivity index (χ3n) is 1.61. The molecule has 0 heterocycles. The summed E-state index contributed by atoms with van der Waals surface area (Å²) < 4.78 is 31.3. The largest absolute Gasteiger partial charge is 0.496 e. The van der Waals surface area contributed by atoms with Crippen molar-refractivity contribution >= 4 is 16.4 Å². The Hall–Kier alpha value is -1.56. The third kappa shape index (κ3) is 2.95. The van der Waals surface area contributed by atoms with Crippen LogP contribution < -0.4 is 8.92 Å². The van der Waals surface area contributed by atoms with E-state index < -0.39 is 10.1 Å². The van der Waals surface area contributed by atoms with Gasteiger partial charge in [-0.15, -0.1) is 0 Å². The van der Waals surface area contributed by atoms with Crippen LogP contribution in [-0.2, 0) is 10.1 Å². The standard InChI is InChI=1S/C9H10O5S/c1-13-8-4-3-5-9(7(8)6-10)14-15(2,11)12/h3-6H,1-2H3. The highest BCUT2D eigenvalue weighted by molar-refractivity contribution is 7.86. The average molecular weight is 230 g/mol. The summed E-state index contributed by atoms with van der Waals surface area (Å²) in [5.74, 6) is 0.234. The molecular weight excluding hydrogens is 220 g/mol. The number of hydrogen-bond acceptors (Lipinski definition) is 5. The molecule has 0 saturated heterocycles. The molecule has 0 aliphatic carbocycles. The fourth-order valence-corrected chi connectivity index (χ4v) is 1.53. The summed E-state index contributed by atoms with van der Waals surface area (Å²) in [6.07, 6.45) is 1.39. The van der Waals surface area contributed by atoms with Gasteiger partial charge in [-0.3, -0.25) is 4.79 Å². The molecule has 0 amide bonds. The maximum Gasteiger partial charge on any atom is 0.306 e. The maximum absolute atomic E-state index is 10.9. The molecule has 0 aliphatic rings. The first-order valence-electron chi connectivity index (χ1n) is 3.99. The van der Waals surface area contributed by atoms with Crippen molar-refractivity contribution in [1.29, 1.82) is 0 Å². The summed E-state index contributed by atoms with van der Waals surface area (Å²) in [5, 5.41) is 0. The molecule has 0 bridgehead atoms. The van der Waals surface area contributed by atoms with Crippen molar-refractivity contribution in [2.24, 2.45) is 0 Å². The second-order valence-corrected chi connectivity index (χ2v) is 4.35. The summed E-state index contributed by atoms with van der Waals surface area (Å²) in [7, 11) is -2.27. The number of aldehydes is 1. The number of rotatable bonds is 4. The lowest BCUT2D eigenvalue weighted by molar-refractivity contribution is 0.111. The summed E-state index contributed by atoms with van der Waals surface area (Å²) in [5.41, 5.74) is 0.0745. The molecule has 0 radical (unpaired) electrons. The van der Waals surface area contributed by atoms with Crippen molar-refractivity contribution in [3.05, 3.63) is 23.8 Å². The average Bonchev–Trinajstić information content (AvgIpc) is 2.15. The summed E-state index contributed by atoms with van der Waals surface area (Å²) in [6, 6.07) is 4.46. The van der Waals surface area contributed by atoms with Gasteiger partial charge in [0.15, 0.2) is 12.0 Å². The molecule has 5 nitrogen and oxygen atoms in total. The van der Waals surface area contributed by atoms with E-state index in [1.165, 1.54) is 19.2 Å².